The summed E-state index contributed by atoms with van der Waals surface area (Å²) in [5, 5.41) is 0. The molecule has 0 spiro atoms. The van der Waals surface area contributed by atoms with Gasteiger partial charge in [-0.15, -0.1) is 0 Å². The van der Waals surface area contributed by atoms with Crippen LogP contribution in [0.15, 0.2) is 0 Å². The maximum absolute atomic E-state index is 16.1. The second-order valence-corrected chi connectivity index (χ2v) is 9.16. The maximum Gasteiger partial charge on any atom is 0.137 e. The van der Waals surface area contributed by atoms with Crippen LogP contribution in [0.3, 0.4) is 0 Å². The fourth-order valence-electron chi connectivity index (χ4n) is 6.82. The lowest BCUT2D eigenvalue weighted by atomic mass is 9.45. The number of fused-ring (bicyclic) bond motifs is 5. The number of carbonyl (C=O) groups is 3. The van der Waals surface area contributed by atoms with E-state index < -0.39 is 40.9 Å². The van der Waals surface area contributed by atoms with Crippen LogP contribution in [0.4, 0.5) is 8.78 Å². The van der Waals surface area contributed by atoms with Crippen molar-refractivity contribution in [3.8, 4) is 0 Å². The van der Waals surface area contributed by atoms with E-state index in [0.717, 1.165) is 0 Å². The van der Waals surface area contributed by atoms with Crippen molar-refractivity contribution < 1.29 is 23.2 Å². The standard InChI is InChI=1S/C20H26F2O3/c1-10(23)13-4-6-20(22)14(13)9-16(25)18-17(20)15(21)8-11-7-12(24)3-5-19(11,18)2/h11,13-15,17-18H,3-9H2,1-2H3/t11-,13-,14-,15-,17-,18+,19+,20+/m1/s1. The summed E-state index contributed by atoms with van der Waals surface area (Å²) in [6.45, 7) is 3.41. The van der Waals surface area contributed by atoms with E-state index in [1.54, 1.807) is 0 Å². The average molecular weight is 352 g/mol. The Labute approximate surface area is 146 Å². The second-order valence-electron chi connectivity index (χ2n) is 9.16. The van der Waals surface area contributed by atoms with Crippen LogP contribution in [0.25, 0.3) is 0 Å². The summed E-state index contributed by atoms with van der Waals surface area (Å²) >= 11 is 0. The van der Waals surface area contributed by atoms with E-state index in [2.05, 4.69) is 0 Å². The normalized spacial score (nSPS) is 52.3. The van der Waals surface area contributed by atoms with Gasteiger partial charge in [0.2, 0.25) is 0 Å². The van der Waals surface area contributed by atoms with Gasteiger partial charge < -0.3 is 0 Å². The Morgan fingerprint density at radius 1 is 1.20 bits per heavy atom. The topological polar surface area (TPSA) is 51.2 Å². The first-order valence-electron chi connectivity index (χ1n) is 9.56. The van der Waals surface area contributed by atoms with Gasteiger partial charge in [0.05, 0.1) is 0 Å². The van der Waals surface area contributed by atoms with Crippen LogP contribution in [0.5, 0.6) is 0 Å². The number of rotatable bonds is 1. The maximum atomic E-state index is 16.1. The van der Waals surface area contributed by atoms with Crippen LogP contribution >= 0.6 is 0 Å². The van der Waals surface area contributed by atoms with Crippen LogP contribution in [-0.4, -0.2) is 29.2 Å². The molecule has 4 fully saturated rings. The smallest absolute Gasteiger partial charge is 0.137 e. The molecule has 0 aliphatic heterocycles. The number of alkyl halides is 2. The lowest BCUT2D eigenvalue weighted by Gasteiger charge is -2.59. The van der Waals surface area contributed by atoms with Crippen LogP contribution in [0.1, 0.15) is 58.8 Å². The fraction of sp³-hybridized carbons (Fsp3) is 0.850. The first-order valence-corrected chi connectivity index (χ1v) is 9.56. The summed E-state index contributed by atoms with van der Waals surface area (Å²) in [4.78, 5) is 36.8. The number of hydrogen-bond acceptors (Lipinski definition) is 3. The van der Waals surface area contributed by atoms with Crippen LogP contribution < -0.4 is 0 Å². The molecule has 0 radical (unpaired) electrons. The second kappa shape index (κ2) is 5.43. The van der Waals surface area contributed by atoms with Gasteiger partial charge in [0.25, 0.3) is 0 Å². The Morgan fingerprint density at radius 2 is 1.92 bits per heavy atom. The van der Waals surface area contributed by atoms with Gasteiger partial charge in [0, 0.05) is 42.9 Å². The Morgan fingerprint density at radius 3 is 2.60 bits per heavy atom. The molecule has 8 atom stereocenters. The molecule has 4 aliphatic rings. The summed E-state index contributed by atoms with van der Waals surface area (Å²) in [6, 6.07) is 0. The van der Waals surface area contributed by atoms with E-state index in [1.807, 2.05) is 6.92 Å². The van der Waals surface area contributed by atoms with Crippen molar-refractivity contribution in [2.45, 2.75) is 70.6 Å². The van der Waals surface area contributed by atoms with Gasteiger partial charge in [-0.1, -0.05) is 6.92 Å². The number of ketones is 3. The van der Waals surface area contributed by atoms with Crippen LogP contribution in [-0.2, 0) is 14.4 Å². The molecule has 138 valence electrons. The molecule has 0 aromatic carbocycles. The number of Topliss-reactive ketones (excluding diaryl/α,β-unsaturated/α-hetero) is 3. The van der Waals surface area contributed by atoms with Gasteiger partial charge >= 0.3 is 0 Å². The van der Waals surface area contributed by atoms with Crippen LogP contribution in [0.2, 0.25) is 0 Å². The van der Waals surface area contributed by atoms with E-state index in [4.69, 9.17) is 0 Å². The van der Waals surface area contributed by atoms with Gasteiger partial charge in [0.1, 0.15) is 29.2 Å². The molecule has 0 bridgehead atoms. The Hall–Kier alpha value is -1.13. The third-order valence-corrected chi connectivity index (χ3v) is 8.10. The Kier molecular flexibility index (Phi) is 3.76. The predicted molar refractivity (Wildman–Crippen MR) is 87.3 cm³/mol. The zero-order valence-electron chi connectivity index (χ0n) is 14.9. The highest BCUT2D eigenvalue weighted by molar-refractivity contribution is 5.87. The number of halogens is 2. The molecule has 4 rings (SSSR count). The van der Waals surface area contributed by atoms with Crippen molar-refractivity contribution in [2.75, 3.05) is 0 Å². The van der Waals surface area contributed by atoms with E-state index in [0.29, 0.717) is 25.7 Å². The molecule has 0 aromatic rings. The average Bonchev–Trinajstić information content (AvgIpc) is 2.86. The molecule has 5 heteroatoms. The largest absolute Gasteiger partial charge is 0.300 e. The quantitative estimate of drug-likeness (QED) is 0.724. The minimum Gasteiger partial charge on any atom is -0.300 e. The van der Waals surface area contributed by atoms with E-state index >= 15 is 8.78 Å². The molecule has 0 saturated heterocycles. The van der Waals surface area contributed by atoms with Crippen LogP contribution in [0, 0.1) is 35.0 Å². The summed E-state index contributed by atoms with van der Waals surface area (Å²) in [7, 11) is 0. The predicted octanol–water partition coefficient (Wildman–Crippen LogP) is 3.63. The molecular weight excluding hydrogens is 326 g/mol. The molecule has 4 aliphatic carbocycles. The zero-order valence-corrected chi connectivity index (χ0v) is 14.9. The molecule has 0 amide bonds. The van der Waals surface area contributed by atoms with Crippen molar-refractivity contribution in [3.05, 3.63) is 0 Å². The molecule has 0 aromatic heterocycles. The summed E-state index contributed by atoms with van der Waals surface area (Å²) < 4.78 is 31.3. The minimum absolute atomic E-state index is 0.0465. The highest BCUT2D eigenvalue weighted by atomic mass is 19.2. The fourth-order valence-corrected chi connectivity index (χ4v) is 6.82. The molecule has 3 nitrogen and oxygen atoms in total. The Balaban J connectivity index is 1.75. The highest BCUT2D eigenvalue weighted by Gasteiger charge is 2.69. The third-order valence-electron chi connectivity index (χ3n) is 8.10. The molecular formula is C20H26F2O3. The first kappa shape index (κ1) is 17.3. The van der Waals surface area contributed by atoms with Crippen molar-refractivity contribution >= 4 is 17.3 Å². The molecule has 0 N–H and O–H groups in total. The highest BCUT2D eigenvalue weighted by Crippen LogP contribution is 2.65. The van der Waals surface area contributed by atoms with Gasteiger partial charge in [-0.2, -0.15) is 0 Å². The summed E-state index contributed by atoms with van der Waals surface area (Å²) in [5.74, 6) is -2.93. The lowest BCUT2D eigenvalue weighted by molar-refractivity contribution is -0.181. The number of carbonyl (C=O) groups excluding carboxylic acids is 3. The monoisotopic (exact) mass is 352 g/mol. The van der Waals surface area contributed by atoms with Gasteiger partial charge in [-0.05, 0) is 43.9 Å². The lowest BCUT2D eigenvalue weighted by Crippen LogP contribution is -2.63. The third kappa shape index (κ3) is 2.23. The summed E-state index contributed by atoms with van der Waals surface area (Å²) in [5.41, 5.74) is -2.25. The SMILES string of the molecule is CC(=O)[C@H]1CC[C@@]2(F)[C@@H]3[C@H](F)C[C@H]4CC(=O)CC[C@]4(C)[C@H]3C(=O)C[C@H]12. The number of hydrogen-bond donors (Lipinski definition) is 0. The van der Waals surface area contributed by atoms with E-state index in [-0.39, 0.29) is 42.5 Å². The molecule has 4 saturated carbocycles. The van der Waals surface area contributed by atoms with E-state index in [9.17, 15) is 14.4 Å². The molecule has 0 unspecified atom stereocenters. The van der Waals surface area contributed by atoms with Gasteiger partial charge in [-0.25, -0.2) is 8.78 Å². The van der Waals surface area contributed by atoms with Gasteiger partial charge in [-0.3, -0.25) is 14.4 Å². The zero-order chi connectivity index (χ0) is 18.1. The van der Waals surface area contributed by atoms with Crippen molar-refractivity contribution in [1.82, 2.24) is 0 Å². The van der Waals surface area contributed by atoms with Crippen molar-refractivity contribution in [3.63, 3.8) is 0 Å². The Bertz CT molecular complexity index is 647. The van der Waals surface area contributed by atoms with Crippen molar-refractivity contribution in [2.24, 2.45) is 35.0 Å². The molecule has 0 heterocycles. The van der Waals surface area contributed by atoms with E-state index in [1.165, 1.54) is 6.92 Å². The van der Waals surface area contributed by atoms with Gasteiger partial charge in [0.15, 0.2) is 0 Å². The van der Waals surface area contributed by atoms with Crippen molar-refractivity contribution in [1.29, 1.82) is 0 Å². The summed E-state index contributed by atoms with van der Waals surface area (Å²) in [6.07, 6.45) is 0.661. The minimum atomic E-state index is -1.76. The first-order chi connectivity index (χ1) is 11.7. The molecule has 25 heavy (non-hydrogen) atoms.